The van der Waals surface area contributed by atoms with Crippen LogP contribution in [-0.2, 0) is 6.42 Å². The van der Waals surface area contributed by atoms with Gasteiger partial charge < -0.3 is 5.73 Å². The molecule has 0 saturated carbocycles. The summed E-state index contributed by atoms with van der Waals surface area (Å²) in [6, 6.07) is 16.3. The van der Waals surface area contributed by atoms with Crippen LogP contribution in [0.2, 0.25) is 5.02 Å². The monoisotopic (exact) mass is 355 g/mol. The Labute approximate surface area is 131 Å². The van der Waals surface area contributed by atoms with E-state index in [0.29, 0.717) is 0 Å². The summed E-state index contributed by atoms with van der Waals surface area (Å²) >= 11 is 11.1. The largest absolute Gasteiger partial charge is 0.327 e. The quantitative estimate of drug-likeness (QED) is 0.781. The van der Waals surface area contributed by atoms with Crippen LogP contribution in [0.3, 0.4) is 0 Å². The maximum atomic E-state index is 6.16. The molecule has 1 nitrogen and oxygen atoms in total. The summed E-state index contributed by atoms with van der Waals surface area (Å²) in [6.07, 6.45) is 0.873. The van der Waals surface area contributed by atoms with Gasteiger partial charge in [-0.2, -0.15) is 0 Å². The van der Waals surface area contributed by atoms with E-state index >= 15 is 0 Å². The molecule has 0 spiro atoms. The highest BCUT2D eigenvalue weighted by molar-refractivity contribution is 9.10. The van der Waals surface area contributed by atoms with Crippen LogP contribution >= 0.6 is 39.3 Å². The van der Waals surface area contributed by atoms with Crippen molar-refractivity contribution < 1.29 is 0 Å². The lowest BCUT2D eigenvalue weighted by Crippen LogP contribution is -2.25. The van der Waals surface area contributed by atoms with E-state index in [4.69, 9.17) is 17.3 Å². The minimum Gasteiger partial charge on any atom is -0.327 e. The number of hydrogen-bond donors (Lipinski definition) is 1. The topological polar surface area (TPSA) is 26.0 Å². The van der Waals surface area contributed by atoms with Gasteiger partial charge in [-0.25, -0.2) is 0 Å². The molecule has 0 radical (unpaired) electrons. The molecule has 0 aliphatic rings. The fourth-order valence-corrected chi connectivity index (χ4v) is 3.33. The van der Waals surface area contributed by atoms with E-state index in [1.165, 1.54) is 10.5 Å². The highest BCUT2D eigenvalue weighted by Crippen LogP contribution is 2.23. The van der Waals surface area contributed by atoms with Gasteiger partial charge in [0.2, 0.25) is 0 Å². The first-order valence-corrected chi connectivity index (χ1v) is 8.17. The Morgan fingerprint density at radius 2 is 1.89 bits per heavy atom. The zero-order valence-corrected chi connectivity index (χ0v) is 13.5. The van der Waals surface area contributed by atoms with Gasteiger partial charge in [0.05, 0.1) is 0 Å². The van der Waals surface area contributed by atoms with Crippen molar-refractivity contribution in [3.8, 4) is 0 Å². The Bertz CT molecular complexity index is 530. The predicted octanol–water partition coefficient (Wildman–Crippen LogP) is 4.76. The van der Waals surface area contributed by atoms with Crippen LogP contribution in [0.1, 0.15) is 5.56 Å². The van der Waals surface area contributed by atoms with E-state index in [2.05, 4.69) is 28.1 Å². The molecule has 19 heavy (non-hydrogen) atoms. The molecule has 0 aliphatic heterocycles. The average molecular weight is 357 g/mol. The normalized spacial score (nSPS) is 12.4. The third-order valence-corrected chi connectivity index (χ3v) is 4.60. The fraction of sp³-hybridized carbons (Fsp3) is 0.200. The van der Waals surface area contributed by atoms with E-state index in [0.717, 1.165) is 21.7 Å². The molecule has 2 aromatic rings. The summed E-state index contributed by atoms with van der Waals surface area (Å²) in [7, 11) is 0. The van der Waals surface area contributed by atoms with Gasteiger partial charge in [-0.3, -0.25) is 0 Å². The van der Waals surface area contributed by atoms with Gasteiger partial charge in [-0.05, 0) is 42.3 Å². The molecule has 100 valence electrons. The van der Waals surface area contributed by atoms with Crippen molar-refractivity contribution in [3.63, 3.8) is 0 Å². The Hall–Kier alpha value is -0.480. The number of thioether (sulfide) groups is 1. The van der Waals surface area contributed by atoms with Crippen molar-refractivity contribution in [2.24, 2.45) is 5.73 Å². The molecule has 0 aliphatic carbocycles. The van der Waals surface area contributed by atoms with E-state index in [9.17, 15) is 0 Å². The van der Waals surface area contributed by atoms with Crippen LogP contribution < -0.4 is 5.73 Å². The highest BCUT2D eigenvalue weighted by atomic mass is 79.9. The smallest absolute Gasteiger partial charge is 0.0406 e. The van der Waals surface area contributed by atoms with Gasteiger partial charge >= 0.3 is 0 Å². The Morgan fingerprint density at radius 3 is 2.58 bits per heavy atom. The number of halogens is 2. The van der Waals surface area contributed by atoms with Crippen LogP contribution in [0.15, 0.2) is 57.9 Å². The molecule has 0 amide bonds. The molecular formula is C15H15BrClNS. The molecule has 0 bridgehead atoms. The van der Waals surface area contributed by atoms with Gasteiger partial charge in [0, 0.05) is 26.2 Å². The number of hydrogen-bond acceptors (Lipinski definition) is 2. The lowest BCUT2D eigenvalue weighted by Gasteiger charge is -2.11. The van der Waals surface area contributed by atoms with Crippen molar-refractivity contribution in [1.29, 1.82) is 0 Å². The third-order valence-electron chi connectivity index (χ3n) is 2.67. The van der Waals surface area contributed by atoms with E-state index in [1.807, 2.05) is 36.4 Å². The van der Waals surface area contributed by atoms with Crippen molar-refractivity contribution in [2.75, 3.05) is 5.75 Å². The molecule has 0 aromatic heterocycles. The second kappa shape index (κ2) is 7.34. The summed E-state index contributed by atoms with van der Waals surface area (Å²) in [5.41, 5.74) is 7.39. The summed E-state index contributed by atoms with van der Waals surface area (Å²) in [6.45, 7) is 0. The highest BCUT2D eigenvalue weighted by Gasteiger charge is 2.05. The molecule has 2 aromatic carbocycles. The van der Waals surface area contributed by atoms with Crippen LogP contribution in [0.5, 0.6) is 0 Å². The Morgan fingerprint density at radius 1 is 1.16 bits per heavy atom. The summed E-state index contributed by atoms with van der Waals surface area (Å²) in [5.74, 6) is 0.902. The summed E-state index contributed by atoms with van der Waals surface area (Å²) in [4.78, 5) is 1.24. The minimum atomic E-state index is 0.144. The van der Waals surface area contributed by atoms with E-state index < -0.39 is 0 Å². The maximum Gasteiger partial charge on any atom is 0.0406 e. The number of benzene rings is 2. The first-order valence-electron chi connectivity index (χ1n) is 6.02. The SMILES string of the molecule is NC(CSc1cccc(Br)c1)Cc1ccc(Cl)cc1. The molecular weight excluding hydrogens is 342 g/mol. The lowest BCUT2D eigenvalue weighted by molar-refractivity contribution is 0.749. The van der Waals surface area contributed by atoms with Crippen molar-refractivity contribution >= 4 is 39.3 Å². The molecule has 0 saturated heterocycles. The Kier molecular flexibility index (Phi) is 5.76. The zero-order chi connectivity index (χ0) is 13.7. The molecule has 1 unspecified atom stereocenters. The van der Waals surface area contributed by atoms with E-state index in [-0.39, 0.29) is 6.04 Å². The van der Waals surface area contributed by atoms with Gasteiger partial charge in [-0.1, -0.05) is 45.7 Å². The van der Waals surface area contributed by atoms with Crippen LogP contribution in [0.25, 0.3) is 0 Å². The fourth-order valence-electron chi connectivity index (χ4n) is 1.74. The van der Waals surface area contributed by atoms with Crippen LogP contribution in [-0.4, -0.2) is 11.8 Å². The molecule has 0 heterocycles. The van der Waals surface area contributed by atoms with Gasteiger partial charge in [0.15, 0.2) is 0 Å². The summed E-state index contributed by atoms with van der Waals surface area (Å²) < 4.78 is 1.10. The lowest BCUT2D eigenvalue weighted by atomic mass is 10.1. The molecule has 2 N–H and O–H groups in total. The predicted molar refractivity (Wildman–Crippen MR) is 88.0 cm³/mol. The molecule has 4 heteroatoms. The second-order valence-corrected chi connectivity index (χ2v) is 6.80. The standard InChI is InChI=1S/C15H15BrClNS/c16-12-2-1-3-15(9-12)19-10-14(18)8-11-4-6-13(17)7-5-11/h1-7,9,14H,8,10,18H2. The summed E-state index contributed by atoms with van der Waals surface area (Å²) in [5, 5.41) is 0.765. The molecule has 0 fully saturated rings. The maximum absolute atomic E-state index is 6.16. The van der Waals surface area contributed by atoms with Crippen LogP contribution in [0.4, 0.5) is 0 Å². The molecule has 1 atom stereocenters. The van der Waals surface area contributed by atoms with Gasteiger partial charge in [0.25, 0.3) is 0 Å². The molecule has 2 rings (SSSR count). The van der Waals surface area contributed by atoms with Gasteiger partial charge in [0.1, 0.15) is 0 Å². The second-order valence-electron chi connectivity index (χ2n) is 4.36. The third kappa shape index (κ3) is 5.19. The Balaban J connectivity index is 1.84. The average Bonchev–Trinajstić information content (AvgIpc) is 2.39. The first-order chi connectivity index (χ1) is 9.13. The van der Waals surface area contributed by atoms with Gasteiger partial charge in [-0.15, -0.1) is 11.8 Å². The van der Waals surface area contributed by atoms with E-state index in [1.54, 1.807) is 11.8 Å². The van der Waals surface area contributed by atoms with Crippen LogP contribution in [0, 0.1) is 0 Å². The number of nitrogens with two attached hydrogens (primary N) is 1. The van der Waals surface area contributed by atoms with Crippen molar-refractivity contribution in [3.05, 3.63) is 63.6 Å². The zero-order valence-electron chi connectivity index (χ0n) is 10.4. The van der Waals surface area contributed by atoms with Crippen molar-refractivity contribution in [1.82, 2.24) is 0 Å². The first kappa shape index (κ1) is 14.9. The number of rotatable bonds is 5. The minimum absolute atomic E-state index is 0.144. The van der Waals surface area contributed by atoms with Crippen molar-refractivity contribution in [2.45, 2.75) is 17.4 Å².